The van der Waals surface area contributed by atoms with Gasteiger partial charge in [0, 0.05) is 6.42 Å². The molecule has 0 spiro atoms. The number of nitrogens with zero attached hydrogens (tertiary/aromatic N) is 1. The largest absolute Gasteiger partial charge is 0.480 e. The van der Waals surface area contributed by atoms with E-state index in [1.54, 1.807) is 32.9 Å². The van der Waals surface area contributed by atoms with E-state index in [1.807, 2.05) is 0 Å². The van der Waals surface area contributed by atoms with E-state index in [1.165, 1.54) is 4.90 Å². The Morgan fingerprint density at radius 3 is 2.50 bits per heavy atom. The van der Waals surface area contributed by atoms with Gasteiger partial charge in [-0.25, -0.2) is 9.59 Å². The molecule has 4 atom stereocenters. The first-order valence-corrected chi connectivity index (χ1v) is 7.97. The molecule has 2 heterocycles. The van der Waals surface area contributed by atoms with E-state index in [0.717, 1.165) is 0 Å². The number of nitrogens with one attached hydrogen (secondary N) is 1. The highest BCUT2D eigenvalue weighted by Gasteiger charge is 2.48. The van der Waals surface area contributed by atoms with Gasteiger partial charge in [0.1, 0.15) is 17.7 Å². The molecule has 0 aromatic heterocycles. The molecule has 8 nitrogen and oxygen atoms in total. The highest BCUT2D eigenvalue weighted by atomic mass is 16.6. The summed E-state index contributed by atoms with van der Waals surface area (Å²) in [5, 5.41) is 21.9. The zero-order chi connectivity index (χ0) is 18.1. The summed E-state index contributed by atoms with van der Waals surface area (Å²) in [5.74, 6) is -1.68. The van der Waals surface area contributed by atoms with Gasteiger partial charge >= 0.3 is 12.1 Å². The minimum Gasteiger partial charge on any atom is -0.480 e. The summed E-state index contributed by atoms with van der Waals surface area (Å²) in [6.45, 7) is 5.12. The first kappa shape index (κ1) is 18.3. The fourth-order valence-electron chi connectivity index (χ4n) is 3.04. The third-order valence-corrected chi connectivity index (χ3v) is 4.05. The Hall–Kier alpha value is -2.09. The molecule has 134 valence electrons. The van der Waals surface area contributed by atoms with Gasteiger partial charge in [-0.3, -0.25) is 4.79 Å². The third kappa shape index (κ3) is 4.05. The highest BCUT2D eigenvalue weighted by Crippen LogP contribution is 2.30. The lowest BCUT2D eigenvalue weighted by atomic mass is 10.0. The first-order chi connectivity index (χ1) is 11.1. The van der Waals surface area contributed by atoms with Crippen LogP contribution in [-0.2, 0) is 14.3 Å². The normalized spacial score (nSPS) is 30.3. The number of alkyl carbamates (subject to hydrolysis) is 1. The van der Waals surface area contributed by atoms with Crippen molar-refractivity contribution in [2.45, 2.75) is 69.9 Å². The van der Waals surface area contributed by atoms with E-state index in [-0.39, 0.29) is 12.8 Å². The Kier molecular flexibility index (Phi) is 5.17. The number of ether oxygens (including phenoxy) is 1. The van der Waals surface area contributed by atoms with Crippen molar-refractivity contribution in [3.8, 4) is 0 Å². The molecule has 0 aromatic carbocycles. The Balaban J connectivity index is 2.20. The summed E-state index contributed by atoms with van der Waals surface area (Å²) in [4.78, 5) is 37.4. The summed E-state index contributed by atoms with van der Waals surface area (Å²) in [7, 11) is 0. The molecular weight excluding hydrogens is 316 g/mol. The topological polar surface area (TPSA) is 116 Å². The molecule has 1 saturated heterocycles. The third-order valence-electron chi connectivity index (χ3n) is 4.05. The quantitative estimate of drug-likeness (QED) is 0.636. The van der Waals surface area contributed by atoms with Gasteiger partial charge < -0.3 is 25.2 Å². The molecule has 2 rings (SSSR count). The van der Waals surface area contributed by atoms with Gasteiger partial charge in [-0.15, -0.1) is 0 Å². The number of fused-ring (bicyclic) bond motifs is 1. The fourth-order valence-corrected chi connectivity index (χ4v) is 3.04. The highest BCUT2D eigenvalue weighted by molar-refractivity contribution is 5.90. The van der Waals surface area contributed by atoms with E-state index < -0.39 is 47.8 Å². The number of carbonyl (C=O) groups excluding carboxylic acids is 2. The van der Waals surface area contributed by atoms with Crippen LogP contribution in [0, 0.1) is 0 Å². The van der Waals surface area contributed by atoms with Crippen molar-refractivity contribution in [2.24, 2.45) is 0 Å². The molecule has 0 saturated carbocycles. The van der Waals surface area contributed by atoms with Crippen LogP contribution in [0.15, 0.2) is 12.2 Å². The van der Waals surface area contributed by atoms with E-state index >= 15 is 0 Å². The smallest absolute Gasteiger partial charge is 0.408 e. The second-order valence-corrected chi connectivity index (χ2v) is 7.11. The van der Waals surface area contributed by atoms with Gasteiger partial charge in [-0.2, -0.15) is 0 Å². The Morgan fingerprint density at radius 1 is 1.29 bits per heavy atom. The van der Waals surface area contributed by atoms with Crippen LogP contribution in [0.4, 0.5) is 4.79 Å². The predicted octanol–water partition coefficient (Wildman–Crippen LogP) is 0.645. The van der Waals surface area contributed by atoms with Crippen LogP contribution >= 0.6 is 0 Å². The van der Waals surface area contributed by atoms with E-state index in [2.05, 4.69) is 5.32 Å². The lowest BCUT2D eigenvalue weighted by Crippen LogP contribution is -2.55. The number of aliphatic carboxylic acids is 1. The van der Waals surface area contributed by atoms with Crippen molar-refractivity contribution >= 4 is 18.0 Å². The molecule has 2 aliphatic rings. The molecule has 3 N–H and O–H groups in total. The summed E-state index contributed by atoms with van der Waals surface area (Å²) in [5.41, 5.74) is -0.708. The standard InChI is InChI=1S/C16H24N2O6/c1-16(2,3)24-15(23)17-9-6-4-5-7-10-12(19)8-11(14(21)22)18(10)13(9)20/h4-5,9-12,19H,6-8H2,1-3H3,(H,17,23)(H,21,22)/t9-,10+,11-,12+/m0/s1. The number of amides is 2. The lowest BCUT2D eigenvalue weighted by Gasteiger charge is -2.33. The maximum absolute atomic E-state index is 12.8. The monoisotopic (exact) mass is 340 g/mol. The molecule has 2 aliphatic heterocycles. The van der Waals surface area contributed by atoms with Crippen molar-refractivity contribution in [2.75, 3.05) is 0 Å². The molecule has 0 unspecified atom stereocenters. The minimum atomic E-state index is -1.16. The van der Waals surface area contributed by atoms with Gasteiger partial charge in [0.2, 0.25) is 5.91 Å². The number of aliphatic hydroxyl groups excluding tert-OH is 1. The number of aliphatic hydroxyl groups is 1. The number of hydrogen-bond donors (Lipinski definition) is 3. The molecule has 0 aliphatic carbocycles. The van der Waals surface area contributed by atoms with Crippen LogP contribution < -0.4 is 5.32 Å². The van der Waals surface area contributed by atoms with Crippen LogP contribution in [0.3, 0.4) is 0 Å². The van der Waals surface area contributed by atoms with E-state index in [9.17, 15) is 24.6 Å². The second kappa shape index (κ2) is 6.80. The Bertz CT molecular complexity index is 553. The molecule has 2 amide bonds. The van der Waals surface area contributed by atoms with Gasteiger partial charge in [-0.05, 0) is 33.6 Å². The van der Waals surface area contributed by atoms with Crippen LogP contribution in [0.25, 0.3) is 0 Å². The average molecular weight is 340 g/mol. The molecule has 0 aromatic rings. The van der Waals surface area contributed by atoms with Crippen molar-refractivity contribution in [1.82, 2.24) is 10.2 Å². The van der Waals surface area contributed by atoms with Crippen LogP contribution in [-0.4, -0.2) is 62.9 Å². The summed E-state index contributed by atoms with van der Waals surface area (Å²) < 4.78 is 5.16. The molecule has 0 bridgehead atoms. The van der Waals surface area contributed by atoms with Crippen molar-refractivity contribution in [1.29, 1.82) is 0 Å². The predicted molar refractivity (Wildman–Crippen MR) is 84.2 cm³/mol. The fraction of sp³-hybridized carbons (Fsp3) is 0.688. The SMILES string of the molecule is CC(C)(C)OC(=O)N[C@H]1CC=CC[C@@H]2[C@H](O)C[C@@H](C(=O)O)N2C1=O. The van der Waals surface area contributed by atoms with Crippen molar-refractivity contribution in [3.63, 3.8) is 0 Å². The van der Waals surface area contributed by atoms with Crippen molar-refractivity contribution < 1.29 is 29.3 Å². The van der Waals surface area contributed by atoms with Gasteiger partial charge in [-0.1, -0.05) is 12.2 Å². The number of carboxylic acids is 1. The van der Waals surface area contributed by atoms with Crippen LogP contribution in [0.1, 0.15) is 40.0 Å². The maximum Gasteiger partial charge on any atom is 0.408 e. The van der Waals surface area contributed by atoms with Crippen molar-refractivity contribution in [3.05, 3.63) is 12.2 Å². The van der Waals surface area contributed by atoms with Gasteiger partial charge in [0.25, 0.3) is 0 Å². The number of carboxylic acid groups (broad SMARTS) is 1. The number of rotatable bonds is 2. The van der Waals surface area contributed by atoms with E-state index in [0.29, 0.717) is 6.42 Å². The van der Waals surface area contributed by atoms with Crippen LogP contribution in [0.2, 0.25) is 0 Å². The second-order valence-electron chi connectivity index (χ2n) is 7.11. The summed E-state index contributed by atoms with van der Waals surface area (Å²) in [6, 6.07) is -2.61. The first-order valence-electron chi connectivity index (χ1n) is 7.97. The maximum atomic E-state index is 12.8. The zero-order valence-electron chi connectivity index (χ0n) is 14.1. The Morgan fingerprint density at radius 2 is 1.92 bits per heavy atom. The Labute approximate surface area is 140 Å². The molecular formula is C16H24N2O6. The minimum absolute atomic E-state index is 0.0151. The number of carbonyl (C=O) groups is 3. The average Bonchev–Trinajstić information content (AvgIpc) is 2.74. The van der Waals surface area contributed by atoms with Crippen LogP contribution in [0.5, 0.6) is 0 Å². The molecule has 1 fully saturated rings. The summed E-state index contributed by atoms with van der Waals surface area (Å²) in [6.07, 6.45) is 2.51. The molecule has 8 heteroatoms. The molecule has 24 heavy (non-hydrogen) atoms. The van der Waals surface area contributed by atoms with Gasteiger partial charge in [0.15, 0.2) is 0 Å². The van der Waals surface area contributed by atoms with E-state index in [4.69, 9.17) is 4.74 Å². The zero-order valence-corrected chi connectivity index (χ0v) is 14.1. The number of hydrogen-bond acceptors (Lipinski definition) is 5. The van der Waals surface area contributed by atoms with Gasteiger partial charge in [0.05, 0.1) is 12.1 Å². The lowest BCUT2D eigenvalue weighted by molar-refractivity contribution is -0.150. The molecule has 0 radical (unpaired) electrons. The summed E-state index contributed by atoms with van der Waals surface area (Å²) >= 11 is 0.